The van der Waals surface area contributed by atoms with Crippen LogP contribution in [0.4, 0.5) is 0 Å². The van der Waals surface area contributed by atoms with Crippen molar-refractivity contribution >= 4 is 0 Å². The summed E-state index contributed by atoms with van der Waals surface area (Å²) < 4.78 is 5.41. The predicted molar refractivity (Wildman–Crippen MR) is 92.8 cm³/mol. The molecule has 0 spiro atoms. The summed E-state index contributed by atoms with van der Waals surface area (Å²) in [6.07, 6.45) is 7.47. The molecule has 0 heterocycles. The number of rotatable bonds is 2. The van der Waals surface area contributed by atoms with Crippen molar-refractivity contribution in [1.29, 1.82) is 0 Å². The molecule has 2 saturated carbocycles. The Balaban J connectivity index is 1.65. The second-order valence-corrected chi connectivity index (χ2v) is 8.45. The number of fused-ring (bicyclic) bond motifs is 5. The SMILES string of the molecule is COc1ccc2c(c1)CC[C@@H]1[C@@H]2CC[C@]2(C)[C@@H]([C@H](C)O)CC[C@@H]12. The summed E-state index contributed by atoms with van der Waals surface area (Å²) >= 11 is 0. The molecule has 0 radical (unpaired) electrons. The van der Waals surface area contributed by atoms with Crippen molar-refractivity contribution in [2.24, 2.45) is 23.2 Å². The lowest BCUT2D eigenvalue weighted by Gasteiger charge is -2.51. The van der Waals surface area contributed by atoms with Gasteiger partial charge in [0.05, 0.1) is 13.2 Å². The first-order chi connectivity index (χ1) is 11.0. The van der Waals surface area contributed by atoms with Gasteiger partial charge >= 0.3 is 0 Å². The normalized spacial score (nSPS) is 40.0. The Morgan fingerprint density at radius 3 is 2.78 bits per heavy atom. The van der Waals surface area contributed by atoms with Crippen molar-refractivity contribution in [1.82, 2.24) is 0 Å². The van der Waals surface area contributed by atoms with Gasteiger partial charge in [-0.1, -0.05) is 13.0 Å². The van der Waals surface area contributed by atoms with Crippen LogP contribution in [0.5, 0.6) is 5.75 Å². The Morgan fingerprint density at radius 1 is 1.22 bits per heavy atom. The fourth-order valence-electron chi connectivity index (χ4n) is 6.52. The van der Waals surface area contributed by atoms with E-state index in [9.17, 15) is 5.11 Å². The Bertz CT molecular complexity index is 594. The highest BCUT2D eigenvalue weighted by atomic mass is 16.5. The van der Waals surface area contributed by atoms with Gasteiger partial charge in [-0.05, 0) is 97.8 Å². The average Bonchev–Trinajstić information content (AvgIpc) is 2.91. The average molecular weight is 314 g/mol. The van der Waals surface area contributed by atoms with Crippen molar-refractivity contribution in [2.75, 3.05) is 7.11 Å². The van der Waals surface area contributed by atoms with Crippen LogP contribution in [0.2, 0.25) is 0 Å². The zero-order valence-electron chi connectivity index (χ0n) is 14.7. The molecule has 4 rings (SSSR count). The topological polar surface area (TPSA) is 29.5 Å². The molecule has 23 heavy (non-hydrogen) atoms. The summed E-state index contributed by atoms with van der Waals surface area (Å²) in [6, 6.07) is 6.73. The molecule has 0 unspecified atom stereocenters. The van der Waals surface area contributed by atoms with E-state index < -0.39 is 0 Å². The smallest absolute Gasteiger partial charge is 0.119 e. The minimum absolute atomic E-state index is 0.151. The van der Waals surface area contributed by atoms with Gasteiger partial charge < -0.3 is 9.84 Å². The maximum atomic E-state index is 10.3. The highest BCUT2D eigenvalue weighted by molar-refractivity contribution is 5.40. The van der Waals surface area contributed by atoms with Crippen LogP contribution in [0.15, 0.2) is 18.2 Å². The summed E-state index contributed by atoms with van der Waals surface area (Å²) in [5.41, 5.74) is 3.46. The van der Waals surface area contributed by atoms with Crippen molar-refractivity contribution < 1.29 is 9.84 Å². The molecule has 2 fully saturated rings. The minimum Gasteiger partial charge on any atom is -0.497 e. The maximum Gasteiger partial charge on any atom is 0.119 e. The van der Waals surface area contributed by atoms with Gasteiger partial charge in [0.1, 0.15) is 5.75 Å². The van der Waals surface area contributed by atoms with E-state index in [1.54, 1.807) is 12.7 Å². The highest BCUT2D eigenvalue weighted by Crippen LogP contribution is 2.63. The van der Waals surface area contributed by atoms with Gasteiger partial charge in [-0.25, -0.2) is 0 Å². The molecule has 0 saturated heterocycles. The molecule has 1 N–H and O–H groups in total. The van der Waals surface area contributed by atoms with E-state index in [-0.39, 0.29) is 6.10 Å². The first-order valence-corrected chi connectivity index (χ1v) is 9.39. The molecule has 126 valence electrons. The number of aliphatic hydroxyl groups is 1. The van der Waals surface area contributed by atoms with Gasteiger partial charge in [-0.2, -0.15) is 0 Å². The summed E-state index contributed by atoms with van der Waals surface area (Å²) in [7, 11) is 1.76. The lowest BCUT2D eigenvalue weighted by atomic mass is 9.54. The van der Waals surface area contributed by atoms with Crippen LogP contribution in [0.3, 0.4) is 0 Å². The molecule has 0 bridgehead atoms. The fourth-order valence-corrected chi connectivity index (χ4v) is 6.52. The lowest BCUT2D eigenvalue weighted by Crippen LogP contribution is -2.44. The molecule has 1 aromatic carbocycles. The van der Waals surface area contributed by atoms with Gasteiger partial charge in [0.2, 0.25) is 0 Å². The van der Waals surface area contributed by atoms with Gasteiger partial charge in [0.25, 0.3) is 0 Å². The van der Waals surface area contributed by atoms with E-state index in [0.29, 0.717) is 11.3 Å². The molecular formula is C21H30O2. The summed E-state index contributed by atoms with van der Waals surface area (Å²) in [6.45, 7) is 4.48. The summed E-state index contributed by atoms with van der Waals surface area (Å²) in [4.78, 5) is 0. The summed E-state index contributed by atoms with van der Waals surface area (Å²) in [5.74, 6) is 3.86. The predicted octanol–water partition coefficient (Wildman–Crippen LogP) is 4.55. The van der Waals surface area contributed by atoms with Crippen molar-refractivity contribution in [3.8, 4) is 5.75 Å². The maximum absolute atomic E-state index is 10.3. The number of aliphatic hydroxyl groups excluding tert-OH is 1. The van der Waals surface area contributed by atoms with Gasteiger partial charge in [0.15, 0.2) is 0 Å². The van der Waals surface area contributed by atoms with Crippen LogP contribution in [0.25, 0.3) is 0 Å². The van der Waals surface area contributed by atoms with Crippen LogP contribution < -0.4 is 4.74 Å². The van der Waals surface area contributed by atoms with Crippen LogP contribution in [0, 0.1) is 23.2 Å². The molecule has 0 aromatic heterocycles. The second kappa shape index (κ2) is 5.51. The Hall–Kier alpha value is -1.02. The van der Waals surface area contributed by atoms with E-state index in [0.717, 1.165) is 23.5 Å². The van der Waals surface area contributed by atoms with Crippen molar-refractivity contribution in [2.45, 2.75) is 64.4 Å². The Labute approximate surface area is 140 Å². The number of methoxy groups -OCH3 is 1. The number of benzene rings is 1. The molecular weight excluding hydrogens is 284 g/mol. The van der Waals surface area contributed by atoms with Gasteiger partial charge in [0, 0.05) is 0 Å². The monoisotopic (exact) mass is 314 g/mol. The van der Waals surface area contributed by atoms with E-state index in [4.69, 9.17) is 4.74 Å². The first-order valence-electron chi connectivity index (χ1n) is 9.39. The third-order valence-electron chi connectivity index (χ3n) is 7.59. The third kappa shape index (κ3) is 2.25. The number of hydrogen-bond acceptors (Lipinski definition) is 2. The Morgan fingerprint density at radius 2 is 2.04 bits per heavy atom. The van der Waals surface area contributed by atoms with E-state index in [1.165, 1.54) is 44.1 Å². The fraction of sp³-hybridized carbons (Fsp3) is 0.714. The first kappa shape index (κ1) is 15.5. The van der Waals surface area contributed by atoms with Crippen LogP contribution in [0.1, 0.15) is 63.0 Å². The summed E-state index contributed by atoms with van der Waals surface area (Å²) in [5, 5.41) is 10.3. The molecule has 0 aliphatic heterocycles. The van der Waals surface area contributed by atoms with Crippen molar-refractivity contribution in [3.63, 3.8) is 0 Å². The molecule has 2 nitrogen and oxygen atoms in total. The van der Waals surface area contributed by atoms with Gasteiger partial charge in [-0.15, -0.1) is 0 Å². The lowest BCUT2D eigenvalue weighted by molar-refractivity contribution is -0.0180. The minimum atomic E-state index is -0.151. The van der Waals surface area contributed by atoms with Crippen molar-refractivity contribution in [3.05, 3.63) is 29.3 Å². The third-order valence-corrected chi connectivity index (χ3v) is 7.59. The van der Waals surface area contributed by atoms with Crippen LogP contribution in [-0.2, 0) is 6.42 Å². The Kier molecular flexibility index (Phi) is 3.72. The number of hydrogen-bond donors (Lipinski definition) is 1. The molecule has 0 amide bonds. The standard InChI is InChI=1S/C21H30O2/c1-13(22)19-8-9-20-18-6-4-14-12-15(23-3)5-7-16(14)17(18)10-11-21(19,20)2/h5,7,12-13,17-20,22H,4,6,8-11H2,1-3H3/t13-,17+,18+,19+,20-,21+/m0/s1. The largest absolute Gasteiger partial charge is 0.497 e. The second-order valence-electron chi connectivity index (χ2n) is 8.45. The number of aryl methyl sites for hydroxylation is 1. The van der Waals surface area contributed by atoms with E-state index >= 15 is 0 Å². The number of ether oxygens (including phenoxy) is 1. The van der Waals surface area contributed by atoms with Gasteiger partial charge in [-0.3, -0.25) is 0 Å². The molecule has 2 heteroatoms. The molecule has 6 atom stereocenters. The zero-order valence-corrected chi connectivity index (χ0v) is 14.7. The van der Waals surface area contributed by atoms with Crippen LogP contribution in [-0.4, -0.2) is 18.3 Å². The molecule has 3 aliphatic rings. The molecule has 3 aliphatic carbocycles. The molecule has 1 aromatic rings. The van der Waals surface area contributed by atoms with E-state index in [2.05, 4.69) is 25.1 Å². The van der Waals surface area contributed by atoms with E-state index in [1.807, 2.05) is 6.92 Å². The van der Waals surface area contributed by atoms with Crippen LogP contribution >= 0.6 is 0 Å². The highest BCUT2D eigenvalue weighted by Gasteiger charge is 2.55. The zero-order chi connectivity index (χ0) is 16.2. The quantitative estimate of drug-likeness (QED) is 0.868.